The Bertz CT molecular complexity index is 2610. The maximum Gasteiger partial charge on any atom is 0.350 e. The van der Waals surface area contributed by atoms with Gasteiger partial charge in [-0.25, -0.2) is 24.0 Å². The summed E-state index contributed by atoms with van der Waals surface area (Å²) in [6, 6.07) is 20.0. The minimum absolute atomic E-state index is 0.0402. The minimum Gasteiger partial charge on any atom is -0.466 e. The van der Waals surface area contributed by atoms with E-state index in [0.29, 0.717) is 68.2 Å². The molecule has 4 heterocycles. The molecule has 2 atom stereocenters. The maximum absolute atomic E-state index is 13.9. The average molecular weight is 903 g/mol. The van der Waals surface area contributed by atoms with Crippen molar-refractivity contribution in [3.05, 3.63) is 119 Å². The van der Waals surface area contributed by atoms with Gasteiger partial charge in [0.2, 0.25) is 32.8 Å². The Kier molecular flexibility index (Phi) is 12.2. The number of hydrogen-bond acceptors (Lipinski definition) is 18. The van der Waals surface area contributed by atoms with Gasteiger partial charge in [0.1, 0.15) is 12.2 Å². The fraction of sp³-hybridized carbons (Fsp3) is 0.229. The third-order valence-corrected chi connectivity index (χ3v) is 10.7. The van der Waals surface area contributed by atoms with Gasteiger partial charge in [-0.15, -0.1) is 0 Å². The number of esters is 5. The summed E-state index contributed by atoms with van der Waals surface area (Å²) in [4.78, 5) is 68.7. The van der Waals surface area contributed by atoms with Crippen molar-refractivity contribution < 1.29 is 85.6 Å². The lowest BCUT2D eigenvalue weighted by molar-refractivity contribution is -0.218. The monoisotopic (exact) mass is 902 g/mol. The van der Waals surface area contributed by atoms with Crippen LogP contribution in [-0.4, -0.2) is 88.0 Å². The molecule has 0 spiro atoms. The van der Waals surface area contributed by atoms with Crippen LogP contribution in [0.3, 0.4) is 0 Å². The highest BCUT2D eigenvalue weighted by Crippen LogP contribution is 2.40. The summed E-state index contributed by atoms with van der Waals surface area (Å²) in [7, 11) is 1.07. The third-order valence-electron chi connectivity index (χ3n) is 10.7. The highest BCUT2D eigenvalue weighted by atomic mass is 16.7. The van der Waals surface area contributed by atoms with Crippen molar-refractivity contribution in [1.82, 2.24) is 0 Å². The predicted molar refractivity (Wildman–Crippen MR) is 226 cm³/mol. The van der Waals surface area contributed by atoms with Gasteiger partial charge in [-0.2, -0.15) is 0 Å². The van der Waals surface area contributed by atoms with Crippen LogP contribution in [-0.2, 0) is 47.7 Å². The first-order valence-corrected chi connectivity index (χ1v) is 20.3. The summed E-state index contributed by atoms with van der Waals surface area (Å²) < 4.78 is 72.1. The number of ether oxygens (including phenoxy) is 13. The molecule has 4 aromatic rings. The van der Waals surface area contributed by atoms with E-state index in [1.807, 2.05) is 0 Å². The van der Waals surface area contributed by atoms with Gasteiger partial charge in [0.25, 0.3) is 0 Å². The summed E-state index contributed by atoms with van der Waals surface area (Å²) in [5.74, 6) is -0.976. The minimum atomic E-state index is -2.27. The molecule has 4 aliphatic heterocycles. The lowest BCUT2D eigenvalue weighted by atomic mass is 9.78. The first-order chi connectivity index (χ1) is 32.1. The molecule has 0 saturated heterocycles. The highest BCUT2D eigenvalue weighted by Gasteiger charge is 2.58. The topological polar surface area (TPSA) is 205 Å². The smallest absolute Gasteiger partial charge is 0.350 e. The molecule has 4 aromatic carbocycles. The van der Waals surface area contributed by atoms with Crippen LogP contribution in [0.25, 0.3) is 24.3 Å². The van der Waals surface area contributed by atoms with Crippen LogP contribution in [0, 0.1) is 0 Å². The van der Waals surface area contributed by atoms with E-state index in [2.05, 4.69) is 0 Å². The molecule has 0 unspecified atom stereocenters. The first-order valence-electron chi connectivity index (χ1n) is 20.3. The predicted octanol–water partition coefficient (Wildman–Crippen LogP) is 5.74. The van der Waals surface area contributed by atoms with Gasteiger partial charge in [0, 0.05) is 37.1 Å². The molecule has 66 heavy (non-hydrogen) atoms. The molecule has 18 nitrogen and oxygen atoms in total. The van der Waals surface area contributed by atoms with Crippen LogP contribution in [0.4, 0.5) is 0 Å². The molecule has 338 valence electrons. The maximum atomic E-state index is 13.9. The number of benzene rings is 4. The summed E-state index contributed by atoms with van der Waals surface area (Å²) in [6.07, 6.45) is 4.14. The summed E-state index contributed by atoms with van der Waals surface area (Å²) in [5, 5.41) is 0. The third kappa shape index (κ3) is 9.71. The molecule has 0 amide bonds. The van der Waals surface area contributed by atoms with E-state index < -0.39 is 66.6 Å². The second-order valence-corrected chi connectivity index (χ2v) is 15.0. The normalized spacial score (nSPS) is 20.8. The Hall–Kier alpha value is -8.41. The molecule has 0 radical (unpaired) electrons. The standard InChI is InChI=1S/C48H38O18/c1-54-47(53)48(66-45(52)17-9-31-5-13-35-39(21-31)62-27-58-35)22-40(63-42(49)14-6-28-2-10-32-36(18-28)59-24-55-32)46(65-44(51)16-8-30-4-12-34-38(20-30)61-26-57-34)41(23-48)64-43(50)15-7-29-3-11-33-37(19-29)60-25-56-33/h2-21,40-41,46H,22-27H2,1H3/b14-6+,15-7+,16-8+,17-9+/t40-,41-,46?,48?/m1/s1. The summed E-state index contributed by atoms with van der Waals surface area (Å²) >= 11 is 0. The number of methoxy groups -OCH3 is 1. The van der Waals surface area contributed by atoms with Crippen LogP contribution in [0.1, 0.15) is 35.1 Å². The molecule has 9 rings (SSSR count). The summed E-state index contributed by atoms with van der Waals surface area (Å²) in [5.41, 5.74) is -0.0866. The van der Waals surface area contributed by atoms with E-state index in [1.165, 1.54) is 24.3 Å². The molecular weight excluding hydrogens is 865 g/mol. The fourth-order valence-electron chi connectivity index (χ4n) is 7.55. The largest absolute Gasteiger partial charge is 0.466 e. The van der Waals surface area contributed by atoms with Crippen molar-refractivity contribution in [2.75, 3.05) is 34.3 Å². The Morgan fingerprint density at radius 1 is 0.455 bits per heavy atom. The number of fused-ring (bicyclic) bond motifs is 4. The van der Waals surface area contributed by atoms with Gasteiger partial charge in [0.15, 0.2) is 52.1 Å². The Balaban J connectivity index is 1.03. The number of carbonyl (C=O) groups is 5. The van der Waals surface area contributed by atoms with E-state index in [4.69, 9.17) is 61.6 Å². The van der Waals surface area contributed by atoms with Crippen LogP contribution < -0.4 is 37.9 Å². The average Bonchev–Trinajstić information content (AvgIpc) is 4.17. The lowest BCUT2D eigenvalue weighted by Crippen LogP contribution is -2.61. The zero-order valence-corrected chi connectivity index (χ0v) is 34.9. The van der Waals surface area contributed by atoms with Crippen molar-refractivity contribution in [3.8, 4) is 46.0 Å². The van der Waals surface area contributed by atoms with Crippen molar-refractivity contribution in [3.63, 3.8) is 0 Å². The Morgan fingerprint density at radius 2 is 0.773 bits per heavy atom. The van der Waals surface area contributed by atoms with E-state index in [9.17, 15) is 24.0 Å². The fourth-order valence-corrected chi connectivity index (χ4v) is 7.55. The molecule has 1 fully saturated rings. The molecule has 0 bridgehead atoms. The van der Waals surface area contributed by atoms with Gasteiger partial charge in [-0.1, -0.05) is 24.3 Å². The zero-order chi connectivity index (χ0) is 45.6. The Labute approximate surface area is 375 Å². The number of rotatable bonds is 13. The van der Waals surface area contributed by atoms with Gasteiger partial charge < -0.3 is 61.6 Å². The second-order valence-electron chi connectivity index (χ2n) is 15.0. The Morgan fingerprint density at radius 3 is 1.12 bits per heavy atom. The molecule has 18 heteroatoms. The number of hydrogen-bond donors (Lipinski definition) is 0. The zero-order valence-electron chi connectivity index (χ0n) is 34.9. The first kappa shape index (κ1) is 42.9. The quantitative estimate of drug-likeness (QED) is 0.0891. The second kappa shape index (κ2) is 18.7. The van der Waals surface area contributed by atoms with Crippen LogP contribution in [0.15, 0.2) is 97.1 Å². The SMILES string of the molecule is COC(=O)C1(OC(=O)/C=C/c2ccc3c(c2)OCO3)C[C@@H](OC(=O)/C=C/c2ccc3c(c2)OCO3)C(OC(=O)/C=C/c2ccc3c(c2)OCO3)[C@H](OC(=O)/C=C/c2ccc3c(c2)OCO3)C1. The van der Waals surface area contributed by atoms with E-state index in [-0.39, 0.29) is 27.2 Å². The molecule has 1 saturated carbocycles. The molecular formula is C48H38O18. The molecule has 0 N–H and O–H groups in total. The van der Waals surface area contributed by atoms with E-state index in [1.54, 1.807) is 72.8 Å². The molecule has 0 aromatic heterocycles. The van der Waals surface area contributed by atoms with Gasteiger partial charge in [-0.05, 0) is 95.1 Å². The molecule has 1 aliphatic carbocycles. The summed E-state index contributed by atoms with van der Waals surface area (Å²) in [6.45, 7) is 0.166. The van der Waals surface area contributed by atoms with Crippen molar-refractivity contribution in [2.45, 2.75) is 36.8 Å². The highest BCUT2D eigenvalue weighted by molar-refractivity contribution is 5.92. The van der Waals surface area contributed by atoms with E-state index >= 15 is 0 Å². The van der Waals surface area contributed by atoms with E-state index in [0.717, 1.165) is 31.4 Å². The van der Waals surface area contributed by atoms with Crippen molar-refractivity contribution in [2.24, 2.45) is 0 Å². The van der Waals surface area contributed by atoms with Gasteiger partial charge >= 0.3 is 29.8 Å². The van der Waals surface area contributed by atoms with Crippen molar-refractivity contribution in [1.29, 1.82) is 0 Å². The lowest BCUT2D eigenvalue weighted by Gasteiger charge is -2.44. The van der Waals surface area contributed by atoms with Gasteiger partial charge in [-0.3, -0.25) is 0 Å². The van der Waals surface area contributed by atoms with Crippen molar-refractivity contribution >= 4 is 54.2 Å². The molecule has 5 aliphatic rings. The van der Waals surface area contributed by atoms with Crippen LogP contribution >= 0.6 is 0 Å². The van der Waals surface area contributed by atoms with Gasteiger partial charge in [0.05, 0.1) is 7.11 Å². The van der Waals surface area contributed by atoms with Crippen LogP contribution in [0.5, 0.6) is 46.0 Å². The number of carbonyl (C=O) groups excluding carboxylic acids is 5. The van der Waals surface area contributed by atoms with Crippen LogP contribution in [0.2, 0.25) is 0 Å².